The van der Waals surface area contributed by atoms with Crippen LogP contribution in [0.3, 0.4) is 0 Å². The first kappa shape index (κ1) is 12.3. The summed E-state index contributed by atoms with van der Waals surface area (Å²) < 4.78 is 4.89. The van der Waals surface area contributed by atoms with Gasteiger partial charge in [-0.05, 0) is 7.05 Å². The average Bonchev–Trinajstić information content (AvgIpc) is 2.01. The lowest BCUT2D eigenvalue weighted by molar-refractivity contribution is -0.118. The Morgan fingerprint density at radius 1 is 1.62 bits per heavy atom. The summed E-state index contributed by atoms with van der Waals surface area (Å²) in [6, 6.07) is -0.0112. The van der Waals surface area contributed by atoms with Crippen LogP contribution in [-0.2, 0) is 9.53 Å². The van der Waals surface area contributed by atoms with Crippen molar-refractivity contribution in [2.75, 3.05) is 33.9 Å². The zero-order valence-corrected chi connectivity index (χ0v) is 8.32. The summed E-state index contributed by atoms with van der Waals surface area (Å²) in [4.78, 5) is 12.4. The van der Waals surface area contributed by atoms with E-state index < -0.39 is 0 Å². The minimum Gasteiger partial charge on any atom is -0.383 e. The molecule has 1 atom stereocenters. The molecule has 0 fully saturated rings. The SMILES string of the molecule is COCC(N)CN(C)CCC(N)=O. The summed E-state index contributed by atoms with van der Waals surface area (Å²) >= 11 is 0. The Morgan fingerprint density at radius 2 is 2.23 bits per heavy atom. The van der Waals surface area contributed by atoms with Gasteiger partial charge in [-0.2, -0.15) is 0 Å². The molecular formula is C8H19N3O2. The molecule has 0 rings (SSSR count). The van der Waals surface area contributed by atoms with Gasteiger partial charge in [-0.1, -0.05) is 0 Å². The van der Waals surface area contributed by atoms with Gasteiger partial charge in [0.2, 0.25) is 5.91 Å². The second-order valence-electron chi connectivity index (χ2n) is 3.19. The second kappa shape index (κ2) is 6.82. The maximum atomic E-state index is 10.5. The van der Waals surface area contributed by atoms with E-state index in [9.17, 15) is 4.79 Å². The Hall–Kier alpha value is -0.650. The third-order valence-corrected chi connectivity index (χ3v) is 1.67. The lowest BCUT2D eigenvalue weighted by atomic mass is 10.3. The fraction of sp³-hybridized carbons (Fsp3) is 0.875. The molecule has 0 aromatic heterocycles. The molecule has 0 saturated carbocycles. The number of hydrogen-bond acceptors (Lipinski definition) is 4. The Morgan fingerprint density at radius 3 is 2.69 bits per heavy atom. The summed E-state index contributed by atoms with van der Waals surface area (Å²) in [6.45, 7) is 1.88. The third-order valence-electron chi connectivity index (χ3n) is 1.67. The van der Waals surface area contributed by atoms with Crippen molar-refractivity contribution in [3.8, 4) is 0 Å². The second-order valence-corrected chi connectivity index (χ2v) is 3.19. The molecule has 0 aliphatic heterocycles. The lowest BCUT2D eigenvalue weighted by Gasteiger charge is -2.19. The first-order valence-electron chi connectivity index (χ1n) is 4.27. The van der Waals surface area contributed by atoms with Crippen molar-refractivity contribution in [2.24, 2.45) is 11.5 Å². The van der Waals surface area contributed by atoms with Crippen LogP contribution in [0.15, 0.2) is 0 Å². The zero-order valence-electron chi connectivity index (χ0n) is 8.32. The molecule has 0 aromatic rings. The highest BCUT2D eigenvalue weighted by Crippen LogP contribution is 1.89. The predicted molar refractivity (Wildman–Crippen MR) is 51.2 cm³/mol. The highest BCUT2D eigenvalue weighted by Gasteiger charge is 2.06. The van der Waals surface area contributed by atoms with Gasteiger partial charge in [-0.15, -0.1) is 0 Å². The molecule has 1 unspecified atom stereocenters. The molecule has 1 amide bonds. The van der Waals surface area contributed by atoms with E-state index in [0.29, 0.717) is 26.1 Å². The standard InChI is InChI=1S/C8H19N3O2/c1-11(4-3-8(10)12)5-7(9)6-13-2/h7H,3-6,9H2,1-2H3,(H2,10,12). The number of hydrogen-bond donors (Lipinski definition) is 2. The van der Waals surface area contributed by atoms with Crippen molar-refractivity contribution in [1.82, 2.24) is 4.90 Å². The first-order valence-corrected chi connectivity index (χ1v) is 4.27. The Balaban J connectivity index is 3.48. The lowest BCUT2D eigenvalue weighted by Crippen LogP contribution is -2.39. The predicted octanol–water partition coefficient (Wildman–Crippen LogP) is -1.23. The molecule has 0 bridgehead atoms. The molecule has 5 heteroatoms. The number of primary amides is 1. The first-order chi connectivity index (χ1) is 6.06. The molecular weight excluding hydrogens is 170 g/mol. The van der Waals surface area contributed by atoms with Crippen LogP contribution >= 0.6 is 0 Å². The van der Waals surface area contributed by atoms with Crippen molar-refractivity contribution >= 4 is 5.91 Å². The Labute approximate surface area is 79.0 Å². The molecule has 0 aliphatic rings. The van der Waals surface area contributed by atoms with Gasteiger partial charge in [0.1, 0.15) is 0 Å². The number of methoxy groups -OCH3 is 1. The van der Waals surface area contributed by atoms with E-state index >= 15 is 0 Å². The molecule has 4 N–H and O–H groups in total. The number of rotatable bonds is 7. The number of carbonyl (C=O) groups is 1. The number of ether oxygens (including phenoxy) is 1. The van der Waals surface area contributed by atoms with Gasteiger partial charge >= 0.3 is 0 Å². The number of likely N-dealkylation sites (N-methyl/N-ethyl adjacent to an activating group) is 1. The molecule has 0 aliphatic carbocycles. The maximum absolute atomic E-state index is 10.5. The van der Waals surface area contributed by atoms with Crippen LogP contribution in [0.4, 0.5) is 0 Å². The van der Waals surface area contributed by atoms with Gasteiger partial charge in [0, 0.05) is 32.7 Å². The van der Waals surface area contributed by atoms with Crippen molar-refractivity contribution in [3.63, 3.8) is 0 Å². The largest absolute Gasteiger partial charge is 0.383 e. The summed E-state index contributed by atoms with van der Waals surface area (Å²) in [5.74, 6) is -0.285. The number of amides is 1. The molecule has 0 heterocycles. The van der Waals surface area contributed by atoms with Crippen LogP contribution in [0.5, 0.6) is 0 Å². The van der Waals surface area contributed by atoms with E-state index in [1.807, 2.05) is 11.9 Å². The van der Waals surface area contributed by atoms with Crippen molar-refractivity contribution in [3.05, 3.63) is 0 Å². The van der Waals surface area contributed by atoms with Crippen LogP contribution in [0.2, 0.25) is 0 Å². The molecule has 0 spiro atoms. The zero-order chi connectivity index (χ0) is 10.3. The summed E-state index contributed by atoms with van der Waals surface area (Å²) in [7, 11) is 3.52. The van der Waals surface area contributed by atoms with Gasteiger partial charge in [-0.3, -0.25) is 4.79 Å². The highest BCUT2D eigenvalue weighted by atomic mass is 16.5. The van der Waals surface area contributed by atoms with Crippen LogP contribution in [0, 0.1) is 0 Å². The molecule has 0 radical (unpaired) electrons. The van der Waals surface area contributed by atoms with Gasteiger partial charge in [0.05, 0.1) is 6.61 Å². The highest BCUT2D eigenvalue weighted by molar-refractivity contribution is 5.73. The van der Waals surface area contributed by atoms with E-state index in [-0.39, 0.29) is 11.9 Å². The monoisotopic (exact) mass is 189 g/mol. The average molecular weight is 189 g/mol. The van der Waals surface area contributed by atoms with Gasteiger partial charge in [0.25, 0.3) is 0 Å². The van der Waals surface area contributed by atoms with Crippen LogP contribution in [0.1, 0.15) is 6.42 Å². The summed E-state index contributed by atoms with van der Waals surface area (Å²) in [5.41, 5.74) is 10.7. The fourth-order valence-electron chi connectivity index (χ4n) is 1.06. The summed E-state index contributed by atoms with van der Waals surface area (Å²) in [6.07, 6.45) is 0.371. The molecule has 0 aromatic carbocycles. The number of nitrogens with two attached hydrogens (primary N) is 2. The normalized spacial score (nSPS) is 13.2. The van der Waals surface area contributed by atoms with E-state index in [2.05, 4.69) is 0 Å². The van der Waals surface area contributed by atoms with Crippen molar-refractivity contribution in [2.45, 2.75) is 12.5 Å². The minimum absolute atomic E-state index is 0.0112. The molecule has 5 nitrogen and oxygen atoms in total. The number of nitrogens with zero attached hydrogens (tertiary/aromatic N) is 1. The van der Waals surface area contributed by atoms with Crippen LogP contribution in [0.25, 0.3) is 0 Å². The molecule has 13 heavy (non-hydrogen) atoms. The molecule has 0 saturated heterocycles. The van der Waals surface area contributed by atoms with E-state index in [1.165, 1.54) is 0 Å². The number of carbonyl (C=O) groups excluding carboxylic acids is 1. The third kappa shape index (κ3) is 7.70. The Kier molecular flexibility index (Phi) is 6.48. The smallest absolute Gasteiger partial charge is 0.218 e. The van der Waals surface area contributed by atoms with Crippen LogP contribution in [-0.4, -0.2) is 50.7 Å². The van der Waals surface area contributed by atoms with Crippen molar-refractivity contribution in [1.29, 1.82) is 0 Å². The van der Waals surface area contributed by atoms with Gasteiger partial charge in [0.15, 0.2) is 0 Å². The van der Waals surface area contributed by atoms with Crippen LogP contribution < -0.4 is 11.5 Å². The van der Waals surface area contributed by atoms with E-state index in [1.54, 1.807) is 7.11 Å². The topological polar surface area (TPSA) is 81.6 Å². The van der Waals surface area contributed by atoms with Gasteiger partial charge in [-0.25, -0.2) is 0 Å². The van der Waals surface area contributed by atoms with E-state index in [4.69, 9.17) is 16.2 Å². The summed E-state index contributed by atoms with van der Waals surface area (Å²) in [5, 5.41) is 0. The van der Waals surface area contributed by atoms with E-state index in [0.717, 1.165) is 0 Å². The quantitative estimate of drug-likeness (QED) is 0.525. The Bertz CT molecular complexity index is 152. The van der Waals surface area contributed by atoms with Crippen molar-refractivity contribution < 1.29 is 9.53 Å². The maximum Gasteiger partial charge on any atom is 0.218 e. The molecule has 78 valence electrons. The van der Waals surface area contributed by atoms with Gasteiger partial charge < -0.3 is 21.1 Å². The fourth-order valence-corrected chi connectivity index (χ4v) is 1.06. The minimum atomic E-state index is -0.285.